The minimum atomic E-state index is -1.34. The number of benzene rings is 1. The first-order valence-corrected chi connectivity index (χ1v) is 10.9. The van der Waals surface area contributed by atoms with Gasteiger partial charge in [0.2, 0.25) is 0 Å². The maximum absolute atomic E-state index is 13.8. The van der Waals surface area contributed by atoms with Gasteiger partial charge in [-0.25, -0.2) is 14.0 Å². The predicted octanol–water partition coefficient (Wildman–Crippen LogP) is 1.74. The average Bonchev–Trinajstić information content (AvgIpc) is 2.80. The van der Waals surface area contributed by atoms with Crippen LogP contribution in [0.4, 0.5) is 9.18 Å². The number of nitrogens with zero attached hydrogens (tertiary/aromatic N) is 4. The number of aliphatic hydroxyl groups excluding tert-OH is 1. The van der Waals surface area contributed by atoms with Gasteiger partial charge in [-0.15, -0.1) is 0 Å². The number of aromatic nitrogens is 2. The smallest absolute Gasteiger partial charge is 0.409 e. The highest BCUT2D eigenvalue weighted by molar-refractivity contribution is 5.97. The van der Waals surface area contributed by atoms with Crippen molar-refractivity contribution in [3.05, 3.63) is 62.2 Å². The van der Waals surface area contributed by atoms with Crippen molar-refractivity contribution in [1.82, 2.24) is 14.0 Å². The highest BCUT2D eigenvalue weighted by atomic mass is 19.1. The standard InChI is InChI=1S/C23H31FN4O7/c1-14(2)35-25-15(3)18-12-27(13-19(29)17-11-16(24)7-8-20(17)33-6)22(31)28(21(18)30)9-10-34-23(32)26(4)5/h7-8,11-12,14,19,29H,9-10,13H2,1-6H3/b25-15+. The zero-order chi connectivity index (χ0) is 26.3. The van der Waals surface area contributed by atoms with Crippen molar-refractivity contribution in [1.29, 1.82) is 0 Å². The van der Waals surface area contributed by atoms with Gasteiger partial charge >= 0.3 is 11.8 Å². The van der Waals surface area contributed by atoms with Crippen LogP contribution in [-0.2, 0) is 22.7 Å². The van der Waals surface area contributed by atoms with Crippen molar-refractivity contribution in [2.24, 2.45) is 5.16 Å². The zero-order valence-electron chi connectivity index (χ0n) is 20.6. The number of oxime groups is 1. The van der Waals surface area contributed by atoms with E-state index >= 15 is 0 Å². The molecule has 0 saturated heterocycles. The fourth-order valence-corrected chi connectivity index (χ4v) is 3.07. The number of aliphatic hydroxyl groups is 1. The molecule has 2 aromatic rings. The first kappa shape index (κ1) is 27.6. The van der Waals surface area contributed by atoms with Gasteiger partial charge in [0.1, 0.15) is 30.4 Å². The number of methoxy groups -OCH3 is 1. The number of carbonyl (C=O) groups is 1. The molecule has 11 nitrogen and oxygen atoms in total. The third-order valence-electron chi connectivity index (χ3n) is 4.85. The van der Waals surface area contributed by atoms with Gasteiger partial charge in [-0.3, -0.25) is 13.9 Å². The van der Waals surface area contributed by atoms with Crippen molar-refractivity contribution >= 4 is 11.8 Å². The molecular weight excluding hydrogens is 463 g/mol. The summed E-state index contributed by atoms with van der Waals surface area (Å²) in [5.41, 5.74) is -1.05. The van der Waals surface area contributed by atoms with Crippen molar-refractivity contribution < 1.29 is 28.6 Å². The predicted molar refractivity (Wildman–Crippen MR) is 126 cm³/mol. The minimum absolute atomic E-state index is 0.0441. The third kappa shape index (κ3) is 7.15. The number of hydrogen-bond donors (Lipinski definition) is 1. The van der Waals surface area contributed by atoms with E-state index in [1.54, 1.807) is 13.8 Å². The summed E-state index contributed by atoms with van der Waals surface area (Å²) in [6.07, 6.45) is -0.963. The molecular formula is C23H31FN4O7. The first-order valence-electron chi connectivity index (χ1n) is 10.9. The molecule has 192 valence electrons. The molecule has 0 radical (unpaired) electrons. The van der Waals surface area contributed by atoms with E-state index < -0.39 is 29.3 Å². The second-order valence-electron chi connectivity index (χ2n) is 8.18. The van der Waals surface area contributed by atoms with Crippen molar-refractivity contribution in [3.63, 3.8) is 0 Å². The highest BCUT2D eigenvalue weighted by Gasteiger charge is 2.20. The Morgan fingerprint density at radius 1 is 1.26 bits per heavy atom. The topological polar surface area (TPSA) is 125 Å². The summed E-state index contributed by atoms with van der Waals surface area (Å²) < 4.78 is 26.0. The monoisotopic (exact) mass is 494 g/mol. The van der Waals surface area contributed by atoms with E-state index in [0.29, 0.717) is 0 Å². The van der Waals surface area contributed by atoms with Crippen LogP contribution in [0.3, 0.4) is 0 Å². The maximum Gasteiger partial charge on any atom is 0.409 e. The lowest BCUT2D eigenvalue weighted by molar-refractivity contribution is 0.0859. The lowest BCUT2D eigenvalue weighted by atomic mass is 10.1. The summed E-state index contributed by atoms with van der Waals surface area (Å²) in [7, 11) is 4.37. The van der Waals surface area contributed by atoms with Crippen LogP contribution in [0.5, 0.6) is 5.75 Å². The van der Waals surface area contributed by atoms with Crippen LogP contribution in [0, 0.1) is 5.82 Å². The van der Waals surface area contributed by atoms with Gasteiger partial charge in [0.15, 0.2) is 0 Å². The van der Waals surface area contributed by atoms with E-state index in [9.17, 15) is 23.9 Å². The molecule has 1 amide bonds. The number of carbonyl (C=O) groups excluding carboxylic acids is 1. The highest BCUT2D eigenvalue weighted by Crippen LogP contribution is 2.26. The molecule has 1 heterocycles. The molecule has 0 fully saturated rings. The summed E-state index contributed by atoms with van der Waals surface area (Å²) >= 11 is 0. The Labute approximate surface area is 201 Å². The quantitative estimate of drug-likeness (QED) is 0.394. The molecule has 0 spiro atoms. The molecule has 0 aliphatic heterocycles. The van der Waals surface area contributed by atoms with Gasteiger partial charge < -0.3 is 24.3 Å². The normalized spacial score (nSPS) is 12.4. The molecule has 1 aromatic carbocycles. The number of rotatable bonds is 10. The molecule has 1 aromatic heterocycles. The Kier molecular flexibility index (Phi) is 9.58. The first-order chi connectivity index (χ1) is 16.5. The van der Waals surface area contributed by atoms with Crippen molar-refractivity contribution in [3.8, 4) is 5.75 Å². The van der Waals surface area contributed by atoms with E-state index in [1.165, 1.54) is 51.4 Å². The van der Waals surface area contributed by atoms with Gasteiger partial charge in [0, 0.05) is 25.9 Å². The van der Waals surface area contributed by atoms with Crippen LogP contribution in [0.1, 0.15) is 38.0 Å². The largest absolute Gasteiger partial charge is 0.496 e. The second-order valence-corrected chi connectivity index (χ2v) is 8.18. The van der Waals surface area contributed by atoms with E-state index in [0.717, 1.165) is 15.2 Å². The molecule has 1 unspecified atom stereocenters. The summed E-state index contributed by atoms with van der Waals surface area (Å²) in [6.45, 7) is 4.27. The van der Waals surface area contributed by atoms with Crippen LogP contribution >= 0.6 is 0 Å². The second kappa shape index (κ2) is 12.2. The van der Waals surface area contributed by atoms with Crippen molar-refractivity contribution in [2.45, 2.75) is 46.1 Å². The summed E-state index contributed by atoms with van der Waals surface area (Å²) in [5.74, 6) is -0.353. The maximum atomic E-state index is 13.8. The van der Waals surface area contributed by atoms with Crippen LogP contribution in [0.15, 0.2) is 39.1 Å². The van der Waals surface area contributed by atoms with E-state index in [1.807, 2.05) is 0 Å². The minimum Gasteiger partial charge on any atom is -0.496 e. The Morgan fingerprint density at radius 3 is 2.54 bits per heavy atom. The van der Waals surface area contributed by atoms with Crippen LogP contribution < -0.4 is 16.0 Å². The Bertz CT molecular complexity index is 1190. The molecule has 1 atom stereocenters. The molecule has 12 heteroatoms. The zero-order valence-corrected chi connectivity index (χ0v) is 20.6. The summed E-state index contributed by atoms with van der Waals surface area (Å²) in [6, 6.07) is 3.65. The van der Waals surface area contributed by atoms with Crippen LogP contribution in [-0.4, -0.2) is 64.9 Å². The number of ether oxygens (including phenoxy) is 2. The Balaban J connectivity index is 2.51. The fraction of sp³-hybridized carbons (Fsp3) is 0.478. The van der Waals surface area contributed by atoms with Crippen LogP contribution in [0.2, 0.25) is 0 Å². The Morgan fingerprint density at radius 2 is 1.94 bits per heavy atom. The summed E-state index contributed by atoms with van der Waals surface area (Å²) in [5, 5.41) is 14.7. The van der Waals surface area contributed by atoms with E-state index in [2.05, 4.69) is 5.16 Å². The Hall–Kier alpha value is -3.67. The third-order valence-corrected chi connectivity index (χ3v) is 4.85. The lowest BCUT2D eigenvalue weighted by Gasteiger charge is -2.18. The number of halogens is 1. The van der Waals surface area contributed by atoms with Gasteiger partial charge in [-0.2, -0.15) is 0 Å². The van der Waals surface area contributed by atoms with E-state index in [-0.39, 0.29) is 48.4 Å². The molecule has 0 saturated carbocycles. The van der Waals surface area contributed by atoms with E-state index in [4.69, 9.17) is 14.3 Å². The SMILES string of the molecule is COc1ccc(F)cc1C(O)Cn1cc(/C(C)=N/OC(C)C)c(=O)n(CCOC(=O)N(C)C)c1=O. The number of amides is 1. The van der Waals surface area contributed by atoms with Gasteiger partial charge in [0.05, 0.1) is 31.5 Å². The fourth-order valence-electron chi connectivity index (χ4n) is 3.07. The van der Waals surface area contributed by atoms with Crippen LogP contribution in [0.25, 0.3) is 0 Å². The molecule has 35 heavy (non-hydrogen) atoms. The number of hydrogen-bond acceptors (Lipinski definition) is 8. The molecule has 0 bridgehead atoms. The summed E-state index contributed by atoms with van der Waals surface area (Å²) in [4.78, 5) is 44.3. The van der Waals surface area contributed by atoms with Gasteiger partial charge in [-0.1, -0.05) is 5.16 Å². The molecule has 1 N–H and O–H groups in total. The van der Waals surface area contributed by atoms with Gasteiger partial charge in [-0.05, 0) is 39.0 Å². The van der Waals surface area contributed by atoms with Gasteiger partial charge in [0.25, 0.3) is 5.56 Å². The van der Waals surface area contributed by atoms with Crippen molar-refractivity contribution in [2.75, 3.05) is 27.8 Å². The molecule has 0 aliphatic rings. The molecule has 2 rings (SSSR count). The lowest BCUT2D eigenvalue weighted by Crippen LogP contribution is -2.44. The molecule has 0 aliphatic carbocycles. The average molecular weight is 495 g/mol.